The second-order valence-electron chi connectivity index (χ2n) is 4.41. The summed E-state index contributed by atoms with van der Waals surface area (Å²) in [4.78, 5) is 4.50. The number of benzene rings is 2. The van der Waals surface area contributed by atoms with E-state index in [9.17, 15) is 4.39 Å². The van der Waals surface area contributed by atoms with Crippen molar-refractivity contribution in [2.24, 2.45) is 0 Å². The van der Waals surface area contributed by atoms with Crippen LogP contribution < -0.4 is 0 Å². The van der Waals surface area contributed by atoms with E-state index < -0.39 is 0 Å². The Morgan fingerprint density at radius 3 is 2.80 bits per heavy atom. The monoisotopic (exact) mass is 445 g/mol. The summed E-state index contributed by atoms with van der Waals surface area (Å²) >= 11 is 5.77. The molecule has 2 nitrogen and oxygen atoms in total. The van der Waals surface area contributed by atoms with Crippen molar-refractivity contribution in [2.75, 3.05) is 0 Å². The third-order valence-electron chi connectivity index (χ3n) is 2.99. The number of oxazole rings is 1. The summed E-state index contributed by atoms with van der Waals surface area (Å²) < 4.78 is 19.7. The van der Waals surface area contributed by atoms with Crippen LogP contribution in [0.25, 0.3) is 11.1 Å². The minimum atomic E-state index is -0.222. The molecular weight excluding hydrogens is 436 g/mol. The number of alkyl halides is 1. The van der Waals surface area contributed by atoms with Crippen molar-refractivity contribution in [3.8, 4) is 0 Å². The number of nitrogens with zero attached hydrogens (tertiary/aromatic N) is 1. The normalized spacial score (nSPS) is 12.8. The van der Waals surface area contributed by atoms with Gasteiger partial charge in [-0.3, -0.25) is 0 Å². The van der Waals surface area contributed by atoms with E-state index in [1.807, 2.05) is 24.3 Å². The second-order valence-corrected chi connectivity index (χ2v) is 6.68. The zero-order valence-electron chi connectivity index (χ0n) is 10.3. The SMILES string of the molecule is Fc1ccc(C(Br)Cc2nc3ccccc3o2)c(I)c1. The van der Waals surface area contributed by atoms with Gasteiger partial charge in [0.1, 0.15) is 11.3 Å². The number of hydrogen-bond donors (Lipinski definition) is 0. The molecule has 0 aliphatic heterocycles. The van der Waals surface area contributed by atoms with Gasteiger partial charge in [-0.1, -0.05) is 34.1 Å². The van der Waals surface area contributed by atoms with Crippen molar-refractivity contribution in [2.45, 2.75) is 11.2 Å². The fraction of sp³-hybridized carbons (Fsp3) is 0.133. The summed E-state index contributed by atoms with van der Waals surface area (Å²) in [6.07, 6.45) is 0.621. The van der Waals surface area contributed by atoms with Crippen molar-refractivity contribution in [1.82, 2.24) is 4.98 Å². The minimum Gasteiger partial charge on any atom is -0.441 e. The van der Waals surface area contributed by atoms with E-state index in [4.69, 9.17) is 4.42 Å². The van der Waals surface area contributed by atoms with E-state index in [0.29, 0.717) is 12.3 Å². The molecule has 20 heavy (non-hydrogen) atoms. The maximum absolute atomic E-state index is 13.1. The predicted molar refractivity (Wildman–Crippen MR) is 88.5 cm³/mol. The molecule has 0 spiro atoms. The Morgan fingerprint density at radius 1 is 1.25 bits per heavy atom. The van der Waals surface area contributed by atoms with Crippen LogP contribution in [0, 0.1) is 9.39 Å². The van der Waals surface area contributed by atoms with Crippen molar-refractivity contribution in [3.63, 3.8) is 0 Å². The summed E-state index contributed by atoms with van der Waals surface area (Å²) in [5.74, 6) is 0.452. The molecule has 0 radical (unpaired) electrons. The largest absolute Gasteiger partial charge is 0.441 e. The standard InChI is InChI=1S/C15H10BrFINO/c16-11(10-6-5-9(17)7-12(10)18)8-15-19-13-3-1-2-4-14(13)20-15/h1-7,11H,8H2. The highest BCUT2D eigenvalue weighted by atomic mass is 127. The van der Waals surface area contributed by atoms with E-state index in [-0.39, 0.29) is 10.6 Å². The first-order valence-electron chi connectivity index (χ1n) is 6.07. The summed E-state index contributed by atoms with van der Waals surface area (Å²) in [5.41, 5.74) is 2.68. The third kappa shape index (κ3) is 2.88. The highest BCUT2D eigenvalue weighted by molar-refractivity contribution is 14.1. The van der Waals surface area contributed by atoms with E-state index >= 15 is 0 Å². The lowest BCUT2D eigenvalue weighted by Gasteiger charge is -2.10. The van der Waals surface area contributed by atoms with Crippen LogP contribution in [0.1, 0.15) is 16.3 Å². The molecule has 1 atom stereocenters. The van der Waals surface area contributed by atoms with Gasteiger partial charge in [0.15, 0.2) is 11.5 Å². The molecule has 0 fully saturated rings. The quantitative estimate of drug-likeness (QED) is 0.406. The van der Waals surface area contributed by atoms with Crippen LogP contribution in [0.2, 0.25) is 0 Å². The van der Waals surface area contributed by atoms with Gasteiger partial charge < -0.3 is 4.42 Å². The Balaban J connectivity index is 1.86. The van der Waals surface area contributed by atoms with Crippen molar-refractivity contribution in [3.05, 3.63) is 63.3 Å². The van der Waals surface area contributed by atoms with Gasteiger partial charge in [-0.2, -0.15) is 0 Å². The Morgan fingerprint density at radius 2 is 2.05 bits per heavy atom. The fourth-order valence-corrected chi connectivity index (χ4v) is 3.98. The Labute approximate surface area is 137 Å². The maximum atomic E-state index is 13.1. The van der Waals surface area contributed by atoms with Crippen molar-refractivity contribution < 1.29 is 8.81 Å². The molecular formula is C15H10BrFINO. The minimum absolute atomic E-state index is 0.0445. The smallest absolute Gasteiger partial charge is 0.196 e. The van der Waals surface area contributed by atoms with E-state index in [1.54, 1.807) is 6.07 Å². The van der Waals surface area contributed by atoms with Gasteiger partial charge in [0, 0.05) is 14.8 Å². The summed E-state index contributed by atoms with van der Waals surface area (Å²) in [5, 5.41) is 0. The van der Waals surface area contributed by atoms with Crippen LogP contribution in [-0.2, 0) is 6.42 Å². The summed E-state index contributed by atoms with van der Waals surface area (Å²) in [6, 6.07) is 12.5. The molecule has 0 saturated heterocycles. The second kappa shape index (κ2) is 5.81. The lowest BCUT2D eigenvalue weighted by molar-refractivity contribution is 0.527. The molecule has 0 saturated carbocycles. The molecule has 0 aliphatic carbocycles. The molecule has 2 aromatic carbocycles. The van der Waals surface area contributed by atoms with Gasteiger partial charge in [0.25, 0.3) is 0 Å². The van der Waals surface area contributed by atoms with Crippen molar-refractivity contribution >= 4 is 49.6 Å². The van der Waals surface area contributed by atoms with E-state index in [1.165, 1.54) is 12.1 Å². The molecule has 1 heterocycles. The first kappa shape index (κ1) is 14.0. The summed E-state index contributed by atoms with van der Waals surface area (Å²) in [6.45, 7) is 0. The third-order valence-corrected chi connectivity index (χ3v) is 4.74. The molecule has 5 heteroatoms. The highest BCUT2D eigenvalue weighted by Gasteiger charge is 2.16. The summed E-state index contributed by atoms with van der Waals surface area (Å²) in [7, 11) is 0. The zero-order chi connectivity index (χ0) is 14.1. The predicted octanol–water partition coefficient (Wildman–Crippen LogP) is 5.25. The van der Waals surface area contributed by atoms with Crippen LogP contribution >= 0.6 is 38.5 Å². The first-order chi connectivity index (χ1) is 9.63. The number of halogens is 3. The number of para-hydroxylation sites is 2. The van der Waals surface area contributed by atoms with Crippen LogP contribution in [0.4, 0.5) is 4.39 Å². The molecule has 102 valence electrons. The highest BCUT2D eigenvalue weighted by Crippen LogP contribution is 2.31. The zero-order valence-corrected chi connectivity index (χ0v) is 14.1. The Bertz CT molecular complexity index is 725. The molecule has 0 N–H and O–H groups in total. The van der Waals surface area contributed by atoms with Crippen molar-refractivity contribution in [1.29, 1.82) is 0 Å². The molecule has 1 aromatic heterocycles. The van der Waals surface area contributed by atoms with Gasteiger partial charge in [-0.15, -0.1) is 0 Å². The van der Waals surface area contributed by atoms with Gasteiger partial charge in [0.05, 0.1) is 0 Å². The number of aromatic nitrogens is 1. The topological polar surface area (TPSA) is 26.0 Å². The first-order valence-corrected chi connectivity index (χ1v) is 8.06. The number of fused-ring (bicyclic) bond motifs is 1. The van der Waals surface area contributed by atoms with E-state index in [0.717, 1.165) is 20.2 Å². The van der Waals surface area contributed by atoms with Crippen LogP contribution in [0.5, 0.6) is 0 Å². The van der Waals surface area contributed by atoms with Gasteiger partial charge >= 0.3 is 0 Å². The van der Waals surface area contributed by atoms with Gasteiger partial charge in [-0.05, 0) is 52.4 Å². The Kier molecular flexibility index (Phi) is 4.07. The van der Waals surface area contributed by atoms with Crippen LogP contribution in [0.15, 0.2) is 46.9 Å². The van der Waals surface area contributed by atoms with Crippen LogP contribution in [-0.4, -0.2) is 4.98 Å². The molecule has 0 amide bonds. The average molecular weight is 446 g/mol. The molecule has 3 aromatic rings. The van der Waals surface area contributed by atoms with Gasteiger partial charge in [0.2, 0.25) is 0 Å². The molecule has 0 bridgehead atoms. The molecule has 3 rings (SSSR count). The number of hydrogen-bond acceptors (Lipinski definition) is 2. The van der Waals surface area contributed by atoms with Crippen LogP contribution in [0.3, 0.4) is 0 Å². The molecule has 0 aliphatic rings. The number of rotatable bonds is 3. The average Bonchev–Trinajstić information content (AvgIpc) is 2.80. The lowest BCUT2D eigenvalue weighted by atomic mass is 10.1. The maximum Gasteiger partial charge on any atom is 0.196 e. The Hall–Kier alpha value is -0.950. The van der Waals surface area contributed by atoms with Gasteiger partial charge in [-0.25, -0.2) is 9.37 Å². The lowest BCUT2D eigenvalue weighted by Crippen LogP contribution is -1.98. The fourth-order valence-electron chi connectivity index (χ4n) is 2.03. The molecule has 1 unspecified atom stereocenters. The van der Waals surface area contributed by atoms with E-state index in [2.05, 4.69) is 43.5 Å².